The Morgan fingerprint density at radius 2 is 2.19 bits per heavy atom. The summed E-state index contributed by atoms with van der Waals surface area (Å²) >= 11 is 0. The highest BCUT2D eigenvalue weighted by Gasteiger charge is 2.17. The van der Waals surface area contributed by atoms with Crippen molar-refractivity contribution in [1.82, 2.24) is 15.3 Å². The minimum absolute atomic E-state index is 0.107. The smallest absolute Gasteiger partial charge is 0.270 e. The lowest BCUT2D eigenvalue weighted by Crippen LogP contribution is -2.36. The predicted octanol–water partition coefficient (Wildman–Crippen LogP) is 1.99. The summed E-state index contributed by atoms with van der Waals surface area (Å²) in [5.41, 5.74) is 0.421. The van der Waals surface area contributed by atoms with Gasteiger partial charge in [0.15, 0.2) is 0 Å². The van der Waals surface area contributed by atoms with Gasteiger partial charge < -0.3 is 15.4 Å². The van der Waals surface area contributed by atoms with Crippen LogP contribution in [0.4, 0.5) is 5.95 Å². The SMILES string of the molecule is COCCCNc1nccc(C(=O)NC2CCCCC2)n1. The molecule has 0 atom stereocenters. The maximum atomic E-state index is 12.2. The van der Waals surface area contributed by atoms with Crippen molar-refractivity contribution in [3.63, 3.8) is 0 Å². The summed E-state index contributed by atoms with van der Waals surface area (Å²) in [6, 6.07) is 1.94. The van der Waals surface area contributed by atoms with Crippen LogP contribution in [0.25, 0.3) is 0 Å². The second-order valence-corrected chi connectivity index (χ2v) is 5.35. The van der Waals surface area contributed by atoms with E-state index >= 15 is 0 Å². The normalized spacial score (nSPS) is 15.7. The number of carbonyl (C=O) groups is 1. The standard InChI is InChI=1S/C15H24N4O2/c1-21-11-5-9-16-15-17-10-8-13(19-15)14(20)18-12-6-3-2-4-7-12/h8,10,12H,2-7,9,11H2,1H3,(H,18,20)(H,16,17,19). The number of methoxy groups -OCH3 is 1. The van der Waals surface area contributed by atoms with Gasteiger partial charge in [0, 0.05) is 32.5 Å². The van der Waals surface area contributed by atoms with Crippen LogP contribution < -0.4 is 10.6 Å². The molecule has 1 aromatic rings. The number of hydrogen-bond donors (Lipinski definition) is 2. The Bertz CT molecular complexity index is 447. The van der Waals surface area contributed by atoms with Gasteiger partial charge in [-0.25, -0.2) is 9.97 Å². The molecule has 0 saturated heterocycles. The molecule has 0 aromatic carbocycles. The lowest BCUT2D eigenvalue weighted by molar-refractivity contribution is 0.0922. The molecule has 1 amide bonds. The summed E-state index contributed by atoms with van der Waals surface area (Å²) in [6.07, 6.45) is 8.29. The molecule has 1 aromatic heterocycles. The van der Waals surface area contributed by atoms with Gasteiger partial charge in [-0.05, 0) is 25.3 Å². The second kappa shape index (κ2) is 8.56. The van der Waals surface area contributed by atoms with E-state index < -0.39 is 0 Å². The first-order valence-electron chi connectivity index (χ1n) is 7.66. The van der Waals surface area contributed by atoms with Crippen molar-refractivity contribution >= 4 is 11.9 Å². The van der Waals surface area contributed by atoms with E-state index in [0.29, 0.717) is 24.3 Å². The van der Waals surface area contributed by atoms with Gasteiger partial charge in [-0.2, -0.15) is 0 Å². The van der Waals surface area contributed by atoms with E-state index in [9.17, 15) is 4.79 Å². The minimum atomic E-state index is -0.107. The summed E-state index contributed by atoms with van der Waals surface area (Å²) in [4.78, 5) is 20.6. The molecular weight excluding hydrogens is 268 g/mol. The van der Waals surface area contributed by atoms with Gasteiger partial charge in [0.1, 0.15) is 5.69 Å². The molecule has 0 radical (unpaired) electrons. The second-order valence-electron chi connectivity index (χ2n) is 5.35. The Morgan fingerprint density at radius 3 is 2.95 bits per heavy atom. The van der Waals surface area contributed by atoms with Crippen LogP contribution in [-0.2, 0) is 4.74 Å². The van der Waals surface area contributed by atoms with Crippen LogP contribution in [0, 0.1) is 0 Å². The van der Waals surface area contributed by atoms with E-state index in [-0.39, 0.29) is 5.91 Å². The van der Waals surface area contributed by atoms with Crippen molar-refractivity contribution in [2.24, 2.45) is 0 Å². The zero-order valence-corrected chi connectivity index (χ0v) is 12.6. The third kappa shape index (κ3) is 5.30. The van der Waals surface area contributed by atoms with Crippen molar-refractivity contribution in [2.75, 3.05) is 25.6 Å². The number of rotatable bonds is 7. The lowest BCUT2D eigenvalue weighted by atomic mass is 9.95. The number of ether oxygens (including phenoxy) is 1. The number of hydrogen-bond acceptors (Lipinski definition) is 5. The molecule has 2 N–H and O–H groups in total. The van der Waals surface area contributed by atoms with Gasteiger partial charge in [-0.3, -0.25) is 4.79 Å². The molecule has 6 heteroatoms. The summed E-state index contributed by atoms with van der Waals surface area (Å²) in [6.45, 7) is 1.41. The number of amides is 1. The molecule has 0 aliphatic heterocycles. The fourth-order valence-corrected chi connectivity index (χ4v) is 2.49. The number of nitrogens with zero attached hydrogens (tertiary/aromatic N) is 2. The largest absolute Gasteiger partial charge is 0.385 e. The Morgan fingerprint density at radius 1 is 1.38 bits per heavy atom. The van der Waals surface area contributed by atoms with E-state index in [1.807, 2.05) is 0 Å². The summed E-state index contributed by atoms with van der Waals surface area (Å²) in [7, 11) is 1.67. The highest BCUT2D eigenvalue weighted by Crippen LogP contribution is 2.17. The molecule has 6 nitrogen and oxygen atoms in total. The predicted molar refractivity (Wildman–Crippen MR) is 81.4 cm³/mol. The first-order chi connectivity index (χ1) is 10.3. The monoisotopic (exact) mass is 292 g/mol. The van der Waals surface area contributed by atoms with E-state index in [4.69, 9.17) is 4.74 Å². The van der Waals surface area contributed by atoms with Gasteiger partial charge in [0.25, 0.3) is 5.91 Å². The van der Waals surface area contributed by atoms with Crippen molar-refractivity contribution in [2.45, 2.75) is 44.6 Å². The summed E-state index contributed by atoms with van der Waals surface area (Å²) in [5.74, 6) is 0.381. The minimum Gasteiger partial charge on any atom is -0.385 e. The molecule has 21 heavy (non-hydrogen) atoms. The molecule has 0 unspecified atom stereocenters. The van der Waals surface area contributed by atoms with Gasteiger partial charge in [0.05, 0.1) is 0 Å². The topological polar surface area (TPSA) is 76.1 Å². The van der Waals surface area contributed by atoms with Crippen LogP contribution in [0.1, 0.15) is 49.0 Å². The van der Waals surface area contributed by atoms with Crippen molar-refractivity contribution in [1.29, 1.82) is 0 Å². The average molecular weight is 292 g/mol. The Balaban J connectivity index is 1.85. The molecule has 116 valence electrons. The summed E-state index contributed by atoms with van der Waals surface area (Å²) in [5, 5.41) is 6.16. The molecule has 0 bridgehead atoms. The third-order valence-electron chi connectivity index (χ3n) is 3.64. The maximum Gasteiger partial charge on any atom is 0.270 e. The van der Waals surface area contributed by atoms with Crippen molar-refractivity contribution in [3.8, 4) is 0 Å². The zero-order valence-electron chi connectivity index (χ0n) is 12.6. The van der Waals surface area contributed by atoms with E-state index in [1.165, 1.54) is 19.3 Å². The van der Waals surface area contributed by atoms with Crippen LogP contribution in [0.3, 0.4) is 0 Å². The van der Waals surface area contributed by atoms with Crippen LogP contribution >= 0.6 is 0 Å². The fourth-order valence-electron chi connectivity index (χ4n) is 2.49. The zero-order chi connectivity index (χ0) is 14.9. The van der Waals surface area contributed by atoms with Crippen molar-refractivity contribution in [3.05, 3.63) is 18.0 Å². The van der Waals surface area contributed by atoms with E-state index in [1.54, 1.807) is 19.4 Å². The number of anilines is 1. The number of aromatic nitrogens is 2. The molecule has 1 aliphatic rings. The Kier molecular flexibility index (Phi) is 6.40. The van der Waals surface area contributed by atoms with Gasteiger partial charge >= 0.3 is 0 Å². The first kappa shape index (κ1) is 15.7. The molecule has 1 fully saturated rings. The lowest BCUT2D eigenvalue weighted by Gasteiger charge is -2.22. The number of nitrogens with one attached hydrogen (secondary N) is 2. The van der Waals surface area contributed by atoms with Crippen LogP contribution in [0.5, 0.6) is 0 Å². The summed E-state index contributed by atoms with van der Waals surface area (Å²) < 4.78 is 4.98. The van der Waals surface area contributed by atoms with E-state index in [0.717, 1.165) is 25.8 Å². The first-order valence-corrected chi connectivity index (χ1v) is 7.66. The molecule has 2 rings (SSSR count). The average Bonchev–Trinajstić information content (AvgIpc) is 2.53. The molecule has 1 heterocycles. The molecule has 1 saturated carbocycles. The fraction of sp³-hybridized carbons (Fsp3) is 0.667. The third-order valence-corrected chi connectivity index (χ3v) is 3.64. The quantitative estimate of drug-likeness (QED) is 0.752. The Hall–Kier alpha value is -1.69. The highest BCUT2D eigenvalue weighted by molar-refractivity contribution is 5.92. The highest BCUT2D eigenvalue weighted by atomic mass is 16.5. The van der Waals surface area contributed by atoms with Crippen molar-refractivity contribution < 1.29 is 9.53 Å². The molecular formula is C15H24N4O2. The van der Waals surface area contributed by atoms with Gasteiger partial charge in [0.2, 0.25) is 5.95 Å². The van der Waals surface area contributed by atoms with Crippen LogP contribution in [0.15, 0.2) is 12.3 Å². The van der Waals surface area contributed by atoms with Gasteiger partial charge in [-0.1, -0.05) is 19.3 Å². The Labute approximate surface area is 125 Å². The van der Waals surface area contributed by atoms with Crippen LogP contribution in [0.2, 0.25) is 0 Å². The van der Waals surface area contributed by atoms with Gasteiger partial charge in [-0.15, -0.1) is 0 Å². The maximum absolute atomic E-state index is 12.2. The van der Waals surface area contributed by atoms with E-state index in [2.05, 4.69) is 20.6 Å². The molecule has 0 spiro atoms. The number of carbonyl (C=O) groups excluding carboxylic acids is 1. The molecule has 1 aliphatic carbocycles. The van der Waals surface area contributed by atoms with Crippen LogP contribution in [-0.4, -0.2) is 42.2 Å².